The van der Waals surface area contributed by atoms with E-state index < -0.39 is 0 Å². The van der Waals surface area contributed by atoms with Gasteiger partial charge in [0.15, 0.2) is 0 Å². The first-order valence-corrected chi connectivity index (χ1v) is 13.6. The third kappa shape index (κ3) is 4.35. The highest BCUT2D eigenvalue weighted by Crippen LogP contribution is 2.49. The number of ether oxygens (including phenoxy) is 3. The third-order valence-electron chi connectivity index (χ3n) is 9.90. The zero-order valence-electron chi connectivity index (χ0n) is 19.5. The molecule has 0 amide bonds. The van der Waals surface area contributed by atoms with Crippen molar-refractivity contribution in [2.75, 3.05) is 46.1 Å². The summed E-state index contributed by atoms with van der Waals surface area (Å²) in [6, 6.07) is 0.433. The molecule has 176 valence electrons. The molecule has 31 heavy (non-hydrogen) atoms. The first-order chi connectivity index (χ1) is 15.3. The Morgan fingerprint density at radius 3 is 2.52 bits per heavy atom. The molecule has 0 aromatic carbocycles. The minimum absolute atomic E-state index is 0.0795. The Morgan fingerprint density at radius 1 is 0.839 bits per heavy atom. The minimum atomic E-state index is 0.0795. The van der Waals surface area contributed by atoms with Gasteiger partial charge in [0, 0.05) is 18.5 Å². The van der Waals surface area contributed by atoms with Gasteiger partial charge in [-0.2, -0.15) is 0 Å². The summed E-state index contributed by atoms with van der Waals surface area (Å²) in [7, 11) is 0. The summed E-state index contributed by atoms with van der Waals surface area (Å²) in [5, 5.41) is 3.92. The van der Waals surface area contributed by atoms with Crippen LogP contribution in [0.2, 0.25) is 0 Å². The predicted octanol–water partition coefficient (Wildman–Crippen LogP) is 3.75. The SMILES string of the molecule is C1CCC2C3CCC(CC3)OC[C@@H]3N(CCC[C@@]34COCCN4)CC3(CC3)COC2C1. The highest BCUT2D eigenvalue weighted by molar-refractivity contribution is 5.07. The largest absolute Gasteiger partial charge is 0.378 e. The Balaban J connectivity index is 1.24. The zero-order chi connectivity index (χ0) is 20.7. The Labute approximate surface area is 188 Å². The van der Waals surface area contributed by atoms with Gasteiger partial charge in [-0.3, -0.25) is 4.90 Å². The van der Waals surface area contributed by atoms with E-state index in [1.165, 1.54) is 90.1 Å². The molecule has 5 heteroatoms. The molecule has 0 aromatic heterocycles. The number of fused-ring (bicyclic) bond motifs is 4. The molecule has 1 N–H and O–H groups in total. The molecule has 2 unspecified atom stereocenters. The van der Waals surface area contributed by atoms with Crippen molar-refractivity contribution in [2.45, 2.75) is 101 Å². The Kier molecular flexibility index (Phi) is 6.10. The standard InChI is InChI=1S/C26H44N2O3/c1-2-5-23-22(4-1)20-6-8-21(9-7-20)30-16-24-26(19-29-15-13-27-26)10-3-14-28(24)17-25(11-12-25)18-31-23/h20-24,27H,1-19H2/t20?,21?,22?,23?,24-,26+/m0/s1. The zero-order valence-corrected chi connectivity index (χ0v) is 19.5. The maximum atomic E-state index is 6.84. The molecule has 5 nitrogen and oxygen atoms in total. The van der Waals surface area contributed by atoms with Gasteiger partial charge in [-0.1, -0.05) is 12.8 Å². The lowest BCUT2D eigenvalue weighted by molar-refractivity contribution is -0.113. The summed E-state index contributed by atoms with van der Waals surface area (Å²) in [4.78, 5) is 2.79. The van der Waals surface area contributed by atoms with Crippen LogP contribution in [0.3, 0.4) is 0 Å². The van der Waals surface area contributed by atoms with E-state index in [2.05, 4.69) is 10.2 Å². The van der Waals surface area contributed by atoms with E-state index in [1.54, 1.807) is 0 Å². The first kappa shape index (κ1) is 21.3. The monoisotopic (exact) mass is 432 g/mol. The Bertz CT molecular complexity index is 604. The number of morpholine rings is 1. The van der Waals surface area contributed by atoms with Crippen LogP contribution < -0.4 is 5.32 Å². The van der Waals surface area contributed by atoms with Crippen LogP contribution in [0.4, 0.5) is 0 Å². The van der Waals surface area contributed by atoms with Crippen LogP contribution in [-0.4, -0.2) is 74.8 Å². The van der Waals surface area contributed by atoms with Crippen LogP contribution in [0.25, 0.3) is 0 Å². The molecule has 2 spiro atoms. The molecule has 4 atom stereocenters. The minimum Gasteiger partial charge on any atom is -0.378 e. The van der Waals surface area contributed by atoms with Crippen LogP contribution in [0.1, 0.15) is 77.0 Å². The highest BCUT2D eigenvalue weighted by Gasteiger charge is 2.52. The lowest BCUT2D eigenvalue weighted by atomic mass is 9.71. The number of hydrogen-bond donors (Lipinski definition) is 1. The summed E-state index contributed by atoms with van der Waals surface area (Å²) < 4.78 is 19.6. The molecular weight excluding hydrogens is 388 g/mol. The van der Waals surface area contributed by atoms with Crippen molar-refractivity contribution >= 4 is 0 Å². The van der Waals surface area contributed by atoms with Gasteiger partial charge in [0.1, 0.15) is 0 Å². The van der Waals surface area contributed by atoms with Gasteiger partial charge in [-0.05, 0) is 82.6 Å². The van der Waals surface area contributed by atoms with Crippen molar-refractivity contribution in [3.05, 3.63) is 0 Å². The van der Waals surface area contributed by atoms with Crippen molar-refractivity contribution in [1.29, 1.82) is 0 Å². The highest BCUT2D eigenvalue weighted by atomic mass is 16.5. The summed E-state index contributed by atoms with van der Waals surface area (Å²) >= 11 is 0. The Morgan fingerprint density at radius 2 is 1.71 bits per heavy atom. The number of piperidine rings is 1. The van der Waals surface area contributed by atoms with E-state index in [4.69, 9.17) is 14.2 Å². The smallest absolute Gasteiger partial charge is 0.0665 e. The van der Waals surface area contributed by atoms with Gasteiger partial charge < -0.3 is 19.5 Å². The van der Waals surface area contributed by atoms with E-state index in [1.807, 2.05) is 0 Å². The molecule has 0 radical (unpaired) electrons. The van der Waals surface area contributed by atoms with Gasteiger partial charge >= 0.3 is 0 Å². The number of nitrogens with one attached hydrogen (secondary N) is 1. The molecule has 3 saturated carbocycles. The molecular formula is C26H44N2O3. The lowest BCUT2D eigenvalue weighted by Gasteiger charge is -2.53. The summed E-state index contributed by atoms with van der Waals surface area (Å²) in [6.07, 6.45) is 16.8. The second kappa shape index (κ2) is 8.87. The first-order valence-electron chi connectivity index (χ1n) is 13.6. The number of nitrogens with zero attached hydrogens (tertiary/aromatic N) is 1. The Hall–Kier alpha value is -0.200. The second-order valence-corrected chi connectivity index (χ2v) is 11.9. The summed E-state index contributed by atoms with van der Waals surface area (Å²) in [5.41, 5.74) is 0.480. The fourth-order valence-corrected chi connectivity index (χ4v) is 7.80. The van der Waals surface area contributed by atoms with Gasteiger partial charge in [-0.15, -0.1) is 0 Å². The molecule has 3 aliphatic carbocycles. The van der Waals surface area contributed by atoms with E-state index in [0.29, 0.717) is 23.7 Å². The maximum absolute atomic E-state index is 6.84. The van der Waals surface area contributed by atoms with E-state index in [0.717, 1.165) is 44.8 Å². The van der Waals surface area contributed by atoms with Gasteiger partial charge in [0.05, 0.1) is 50.2 Å². The van der Waals surface area contributed by atoms with Gasteiger partial charge in [0.2, 0.25) is 0 Å². The van der Waals surface area contributed by atoms with Crippen LogP contribution in [0.5, 0.6) is 0 Å². The molecule has 4 heterocycles. The summed E-state index contributed by atoms with van der Waals surface area (Å²) in [6.45, 7) is 6.93. The fourth-order valence-electron chi connectivity index (χ4n) is 7.80. The number of hydrogen-bond acceptors (Lipinski definition) is 5. The van der Waals surface area contributed by atoms with Crippen molar-refractivity contribution in [1.82, 2.24) is 10.2 Å². The van der Waals surface area contributed by atoms with E-state index in [-0.39, 0.29) is 5.54 Å². The average Bonchev–Trinajstić information content (AvgIpc) is 3.58. The second-order valence-electron chi connectivity index (χ2n) is 11.9. The van der Waals surface area contributed by atoms with Crippen molar-refractivity contribution < 1.29 is 14.2 Å². The van der Waals surface area contributed by atoms with E-state index in [9.17, 15) is 0 Å². The van der Waals surface area contributed by atoms with Crippen LogP contribution in [0.15, 0.2) is 0 Å². The molecule has 7 aliphatic rings. The van der Waals surface area contributed by atoms with E-state index >= 15 is 0 Å². The van der Waals surface area contributed by atoms with Crippen molar-refractivity contribution in [3.8, 4) is 0 Å². The van der Waals surface area contributed by atoms with Crippen molar-refractivity contribution in [3.63, 3.8) is 0 Å². The summed E-state index contributed by atoms with van der Waals surface area (Å²) in [5.74, 6) is 1.68. The molecule has 0 aromatic rings. The maximum Gasteiger partial charge on any atom is 0.0665 e. The molecule has 2 bridgehead atoms. The number of rotatable bonds is 0. The normalized spacial score (nSPS) is 46.3. The topological polar surface area (TPSA) is 43.0 Å². The van der Waals surface area contributed by atoms with Crippen LogP contribution in [0, 0.1) is 17.3 Å². The third-order valence-corrected chi connectivity index (χ3v) is 9.90. The molecule has 4 aliphatic heterocycles. The molecule has 7 fully saturated rings. The fraction of sp³-hybridized carbons (Fsp3) is 1.00. The van der Waals surface area contributed by atoms with Crippen molar-refractivity contribution in [2.24, 2.45) is 17.3 Å². The quantitative estimate of drug-likeness (QED) is 0.631. The van der Waals surface area contributed by atoms with Crippen LogP contribution in [-0.2, 0) is 14.2 Å². The van der Waals surface area contributed by atoms with Gasteiger partial charge in [-0.25, -0.2) is 0 Å². The average molecular weight is 433 g/mol. The predicted molar refractivity (Wildman–Crippen MR) is 121 cm³/mol. The van der Waals surface area contributed by atoms with Crippen LogP contribution >= 0.6 is 0 Å². The molecule has 4 saturated heterocycles. The lowest BCUT2D eigenvalue weighted by Crippen LogP contribution is -2.70. The van der Waals surface area contributed by atoms with Gasteiger partial charge in [0.25, 0.3) is 0 Å². The molecule has 7 rings (SSSR count).